The molecule has 0 saturated carbocycles. The van der Waals surface area contributed by atoms with Crippen LogP contribution in [0.5, 0.6) is 0 Å². The van der Waals surface area contributed by atoms with Crippen molar-refractivity contribution in [3.63, 3.8) is 0 Å². The van der Waals surface area contributed by atoms with Gasteiger partial charge in [-0.05, 0) is 36.3 Å². The maximum atomic E-state index is 13.0. The third kappa shape index (κ3) is 6.84. The minimum atomic E-state index is -0.237. The highest BCUT2D eigenvalue weighted by Crippen LogP contribution is 2.17. The highest BCUT2D eigenvalue weighted by molar-refractivity contribution is 14.0. The molecule has 2 unspecified atom stereocenters. The summed E-state index contributed by atoms with van der Waals surface area (Å²) in [6, 6.07) is 6.87. The van der Waals surface area contributed by atoms with Gasteiger partial charge in [0.1, 0.15) is 5.82 Å². The molecule has 1 fully saturated rings. The van der Waals surface area contributed by atoms with Gasteiger partial charge in [0.15, 0.2) is 5.96 Å². The van der Waals surface area contributed by atoms with Gasteiger partial charge in [-0.15, -0.1) is 24.0 Å². The summed E-state index contributed by atoms with van der Waals surface area (Å²) >= 11 is 1.98. The fourth-order valence-corrected chi connectivity index (χ4v) is 3.52. The molecule has 1 heterocycles. The molecular weight excluding hydrogens is 428 g/mol. The lowest BCUT2D eigenvalue weighted by atomic mass is 10.1. The summed E-state index contributed by atoms with van der Waals surface area (Å²) in [7, 11) is 3.43. The first-order valence-corrected chi connectivity index (χ1v) is 8.71. The Labute approximate surface area is 159 Å². The Hall–Kier alpha value is -0.540. The number of thioether (sulfide) groups is 1. The van der Waals surface area contributed by atoms with E-state index < -0.39 is 0 Å². The number of nitrogens with zero attached hydrogens (tertiary/aromatic N) is 1. The van der Waals surface area contributed by atoms with E-state index in [1.807, 2.05) is 11.8 Å². The topological polar surface area (TPSA) is 45.7 Å². The van der Waals surface area contributed by atoms with E-state index in [1.54, 1.807) is 26.3 Å². The van der Waals surface area contributed by atoms with Crippen LogP contribution in [0.15, 0.2) is 29.3 Å². The second-order valence-electron chi connectivity index (χ2n) is 5.29. The second-order valence-corrected chi connectivity index (χ2v) is 6.44. The first-order valence-electron chi connectivity index (χ1n) is 7.56. The Morgan fingerprint density at radius 3 is 2.74 bits per heavy atom. The number of halogens is 2. The molecule has 2 rings (SSSR count). The SMILES string of the molecule is CN=C(NCC(OC)c1ccc(F)cc1)NC1CCCSC1.I. The van der Waals surface area contributed by atoms with Crippen LogP contribution in [0, 0.1) is 5.82 Å². The minimum absolute atomic E-state index is 0. The molecule has 1 saturated heterocycles. The van der Waals surface area contributed by atoms with Gasteiger partial charge in [-0.25, -0.2) is 4.39 Å². The minimum Gasteiger partial charge on any atom is -0.375 e. The van der Waals surface area contributed by atoms with Crippen LogP contribution < -0.4 is 10.6 Å². The van der Waals surface area contributed by atoms with E-state index in [2.05, 4.69) is 15.6 Å². The van der Waals surface area contributed by atoms with Crippen molar-refractivity contribution in [3.8, 4) is 0 Å². The van der Waals surface area contributed by atoms with Crippen LogP contribution in [0.1, 0.15) is 24.5 Å². The van der Waals surface area contributed by atoms with Gasteiger partial charge in [0.25, 0.3) is 0 Å². The molecule has 130 valence electrons. The van der Waals surface area contributed by atoms with Gasteiger partial charge >= 0.3 is 0 Å². The van der Waals surface area contributed by atoms with Crippen molar-refractivity contribution in [1.29, 1.82) is 0 Å². The molecular formula is C16H25FIN3OS. The summed E-state index contributed by atoms with van der Waals surface area (Å²) in [4.78, 5) is 4.27. The number of benzene rings is 1. The Morgan fingerprint density at radius 2 is 2.17 bits per heavy atom. The van der Waals surface area contributed by atoms with Crippen molar-refractivity contribution in [3.05, 3.63) is 35.6 Å². The lowest BCUT2D eigenvalue weighted by Gasteiger charge is -2.25. The monoisotopic (exact) mass is 453 g/mol. The Morgan fingerprint density at radius 1 is 1.43 bits per heavy atom. The summed E-state index contributed by atoms with van der Waals surface area (Å²) in [5, 5.41) is 6.74. The van der Waals surface area contributed by atoms with E-state index in [0.29, 0.717) is 12.6 Å². The highest BCUT2D eigenvalue weighted by atomic mass is 127. The average molecular weight is 453 g/mol. The molecule has 0 aliphatic carbocycles. The summed E-state index contributed by atoms with van der Waals surface area (Å²) in [5.41, 5.74) is 0.945. The zero-order chi connectivity index (χ0) is 15.8. The number of aliphatic imine (C=N–C) groups is 1. The molecule has 0 spiro atoms. The zero-order valence-electron chi connectivity index (χ0n) is 13.5. The summed E-state index contributed by atoms with van der Waals surface area (Å²) in [6.45, 7) is 0.585. The fourth-order valence-electron chi connectivity index (χ4n) is 2.45. The Balaban J connectivity index is 0.00000264. The number of hydrogen-bond donors (Lipinski definition) is 2. The highest BCUT2D eigenvalue weighted by Gasteiger charge is 2.16. The van der Waals surface area contributed by atoms with Gasteiger partial charge in [0.05, 0.1) is 6.10 Å². The van der Waals surface area contributed by atoms with Gasteiger partial charge in [0, 0.05) is 32.5 Å². The van der Waals surface area contributed by atoms with Crippen LogP contribution in [0.3, 0.4) is 0 Å². The fraction of sp³-hybridized carbons (Fsp3) is 0.562. The zero-order valence-corrected chi connectivity index (χ0v) is 16.7. The van der Waals surface area contributed by atoms with Crippen molar-refractivity contribution in [1.82, 2.24) is 10.6 Å². The predicted octanol–water partition coefficient (Wildman–Crippen LogP) is 3.19. The van der Waals surface area contributed by atoms with Crippen LogP contribution in [-0.4, -0.2) is 44.2 Å². The van der Waals surface area contributed by atoms with Gasteiger partial charge in [-0.3, -0.25) is 4.99 Å². The van der Waals surface area contributed by atoms with Crippen molar-refractivity contribution in [2.24, 2.45) is 4.99 Å². The number of guanidine groups is 1. The molecule has 7 heteroatoms. The molecule has 23 heavy (non-hydrogen) atoms. The standard InChI is InChI=1S/C16H24FN3OS.HI/c1-18-16(20-14-4-3-9-22-11-14)19-10-15(21-2)12-5-7-13(17)8-6-12;/h5-8,14-15H,3-4,9-11H2,1-2H3,(H2,18,19,20);1H. The summed E-state index contributed by atoms with van der Waals surface area (Å²) in [6.07, 6.45) is 2.29. The molecule has 1 aliphatic heterocycles. The molecule has 1 aromatic rings. The summed E-state index contributed by atoms with van der Waals surface area (Å²) in [5.74, 6) is 2.92. The lowest BCUT2D eigenvalue weighted by Crippen LogP contribution is -2.46. The molecule has 4 nitrogen and oxygen atoms in total. The average Bonchev–Trinajstić information content (AvgIpc) is 2.56. The quantitative estimate of drug-likeness (QED) is 0.409. The Bertz CT molecular complexity index is 481. The Kier molecular flexibility index (Phi) is 9.89. The normalized spacial score (nSPS) is 19.6. The second kappa shape index (κ2) is 11.1. The molecule has 0 bridgehead atoms. The molecule has 2 atom stereocenters. The van der Waals surface area contributed by atoms with Crippen molar-refractivity contribution in [2.45, 2.75) is 25.0 Å². The largest absolute Gasteiger partial charge is 0.375 e. The van der Waals surface area contributed by atoms with Crippen LogP contribution in [0.4, 0.5) is 4.39 Å². The van der Waals surface area contributed by atoms with Gasteiger partial charge in [-0.1, -0.05) is 12.1 Å². The van der Waals surface area contributed by atoms with Crippen LogP contribution in [-0.2, 0) is 4.74 Å². The maximum absolute atomic E-state index is 13.0. The smallest absolute Gasteiger partial charge is 0.191 e. The van der Waals surface area contributed by atoms with E-state index >= 15 is 0 Å². The van der Waals surface area contributed by atoms with E-state index in [4.69, 9.17) is 4.74 Å². The molecule has 0 amide bonds. The van der Waals surface area contributed by atoms with Crippen molar-refractivity contribution >= 4 is 41.7 Å². The predicted molar refractivity (Wildman–Crippen MR) is 106 cm³/mol. The molecule has 2 N–H and O–H groups in total. The first-order chi connectivity index (χ1) is 10.7. The number of nitrogens with one attached hydrogen (secondary N) is 2. The van der Waals surface area contributed by atoms with Gasteiger partial charge in [-0.2, -0.15) is 11.8 Å². The van der Waals surface area contributed by atoms with Crippen molar-refractivity contribution < 1.29 is 9.13 Å². The number of rotatable bonds is 5. The van der Waals surface area contributed by atoms with E-state index in [1.165, 1.54) is 30.7 Å². The van der Waals surface area contributed by atoms with E-state index in [-0.39, 0.29) is 35.9 Å². The third-order valence-corrected chi connectivity index (χ3v) is 4.92. The van der Waals surface area contributed by atoms with Crippen LogP contribution >= 0.6 is 35.7 Å². The van der Waals surface area contributed by atoms with Crippen LogP contribution in [0.2, 0.25) is 0 Å². The van der Waals surface area contributed by atoms with Crippen molar-refractivity contribution in [2.75, 3.05) is 32.2 Å². The lowest BCUT2D eigenvalue weighted by molar-refractivity contribution is 0.106. The molecule has 0 aromatic heterocycles. The van der Waals surface area contributed by atoms with Gasteiger partial charge in [0.2, 0.25) is 0 Å². The molecule has 1 aliphatic rings. The first kappa shape index (κ1) is 20.5. The molecule has 0 radical (unpaired) electrons. The third-order valence-electron chi connectivity index (χ3n) is 3.71. The molecule has 1 aromatic carbocycles. The van der Waals surface area contributed by atoms with Crippen LogP contribution in [0.25, 0.3) is 0 Å². The number of methoxy groups -OCH3 is 1. The maximum Gasteiger partial charge on any atom is 0.191 e. The van der Waals surface area contributed by atoms with E-state index in [0.717, 1.165) is 17.3 Å². The van der Waals surface area contributed by atoms with E-state index in [9.17, 15) is 4.39 Å². The summed E-state index contributed by atoms with van der Waals surface area (Å²) < 4.78 is 18.5. The number of hydrogen-bond acceptors (Lipinski definition) is 3. The van der Waals surface area contributed by atoms with Gasteiger partial charge < -0.3 is 15.4 Å². The number of ether oxygens (including phenoxy) is 1.